The number of hydrogen-bond acceptors (Lipinski definition) is 2. The Balaban J connectivity index is 0.000000282. The Bertz CT molecular complexity index is 1230. The van der Waals surface area contributed by atoms with Crippen LogP contribution in [0.15, 0.2) is 88.3 Å². The maximum atomic E-state index is 10.1. The van der Waals surface area contributed by atoms with Crippen LogP contribution < -0.4 is 5.63 Å². The molecular formula is C29H30O2. The molecule has 0 spiro atoms. The van der Waals surface area contributed by atoms with Gasteiger partial charge in [-0.15, -0.1) is 0 Å². The minimum atomic E-state index is -0.303. The van der Waals surface area contributed by atoms with E-state index in [4.69, 9.17) is 0 Å². The minimum absolute atomic E-state index is 0.303. The average Bonchev–Trinajstić information content (AvgIpc) is 2.82. The van der Waals surface area contributed by atoms with Crippen molar-refractivity contribution in [2.24, 2.45) is 0 Å². The van der Waals surface area contributed by atoms with Gasteiger partial charge < -0.3 is 4.42 Å². The lowest BCUT2D eigenvalue weighted by atomic mass is 9.85. The summed E-state index contributed by atoms with van der Waals surface area (Å²) in [5.74, 6) is 0. The minimum Gasteiger partial charge on any atom is -0.431 e. The first kappa shape index (κ1) is 21.1. The Morgan fingerprint density at radius 3 is 2.35 bits per heavy atom. The van der Waals surface area contributed by atoms with Crippen LogP contribution in [0.25, 0.3) is 21.5 Å². The summed E-state index contributed by atoms with van der Waals surface area (Å²) in [4.78, 5) is 10.1. The smallest absolute Gasteiger partial charge is 0.335 e. The molecule has 0 bridgehead atoms. The molecule has 0 unspecified atom stereocenters. The molecule has 158 valence electrons. The Morgan fingerprint density at radius 2 is 1.61 bits per heavy atom. The maximum absolute atomic E-state index is 10.1. The normalized spacial score (nSPS) is 13.2. The molecule has 2 nitrogen and oxygen atoms in total. The van der Waals surface area contributed by atoms with E-state index in [1.54, 1.807) is 23.3 Å². The molecule has 1 aliphatic rings. The molecule has 1 heterocycles. The lowest BCUT2D eigenvalue weighted by molar-refractivity contribution is 0.511. The third-order valence-corrected chi connectivity index (χ3v) is 6.05. The Hall–Kier alpha value is -3.13. The van der Waals surface area contributed by atoms with E-state index in [1.807, 2.05) is 0 Å². The van der Waals surface area contributed by atoms with E-state index in [2.05, 4.69) is 66.0 Å². The Labute approximate surface area is 184 Å². The van der Waals surface area contributed by atoms with Gasteiger partial charge in [-0.2, -0.15) is 0 Å². The summed E-state index contributed by atoms with van der Waals surface area (Å²) >= 11 is 0. The predicted octanol–water partition coefficient (Wildman–Crippen LogP) is 7.41. The second-order valence-electron chi connectivity index (χ2n) is 8.13. The monoisotopic (exact) mass is 410 g/mol. The second kappa shape index (κ2) is 10.3. The van der Waals surface area contributed by atoms with E-state index in [-0.39, 0.29) is 5.63 Å². The molecular weight excluding hydrogens is 380 g/mol. The molecule has 0 amide bonds. The Morgan fingerprint density at radius 1 is 0.839 bits per heavy atom. The molecule has 0 atom stereocenters. The fraction of sp³-hybridized carbons (Fsp3) is 0.276. The summed E-state index contributed by atoms with van der Waals surface area (Å²) < 4.78 is 4.37. The Kier molecular flexibility index (Phi) is 6.99. The van der Waals surface area contributed by atoms with Gasteiger partial charge in [0, 0.05) is 6.07 Å². The molecule has 3 aromatic carbocycles. The third-order valence-electron chi connectivity index (χ3n) is 6.05. The quantitative estimate of drug-likeness (QED) is 0.259. The van der Waals surface area contributed by atoms with Crippen molar-refractivity contribution >= 4 is 21.5 Å². The second-order valence-corrected chi connectivity index (χ2v) is 8.13. The van der Waals surface area contributed by atoms with E-state index in [0.717, 1.165) is 19.3 Å². The van der Waals surface area contributed by atoms with Gasteiger partial charge in [-0.25, -0.2) is 4.79 Å². The van der Waals surface area contributed by atoms with Crippen LogP contribution in [0, 0.1) is 0 Å². The van der Waals surface area contributed by atoms with Crippen molar-refractivity contribution < 1.29 is 4.42 Å². The van der Waals surface area contributed by atoms with Crippen LogP contribution in [0.3, 0.4) is 0 Å². The van der Waals surface area contributed by atoms with Crippen LogP contribution in [-0.4, -0.2) is 0 Å². The maximum Gasteiger partial charge on any atom is 0.335 e. The SMILES string of the molecule is CC/C=C\CCc1cc2c3c(ccc2c2ccccc12)CCCC3.O=c1cccco1. The van der Waals surface area contributed by atoms with E-state index >= 15 is 0 Å². The largest absolute Gasteiger partial charge is 0.431 e. The van der Waals surface area contributed by atoms with E-state index in [1.165, 1.54) is 65.1 Å². The van der Waals surface area contributed by atoms with Crippen molar-refractivity contribution in [2.75, 3.05) is 0 Å². The van der Waals surface area contributed by atoms with Gasteiger partial charge >= 0.3 is 5.63 Å². The van der Waals surface area contributed by atoms with Crippen molar-refractivity contribution in [3.8, 4) is 0 Å². The fourth-order valence-corrected chi connectivity index (χ4v) is 4.56. The first-order valence-corrected chi connectivity index (χ1v) is 11.4. The topological polar surface area (TPSA) is 30.2 Å². The van der Waals surface area contributed by atoms with Crippen LogP contribution in [0.5, 0.6) is 0 Å². The molecule has 31 heavy (non-hydrogen) atoms. The highest BCUT2D eigenvalue weighted by atomic mass is 16.4. The molecule has 0 saturated carbocycles. The summed E-state index contributed by atoms with van der Waals surface area (Å²) in [7, 11) is 0. The molecule has 2 heteroatoms. The van der Waals surface area contributed by atoms with Gasteiger partial charge in [0.15, 0.2) is 0 Å². The number of rotatable bonds is 4. The molecule has 1 aliphatic carbocycles. The van der Waals surface area contributed by atoms with Gasteiger partial charge in [0.1, 0.15) is 0 Å². The molecule has 0 aliphatic heterocycles. The highest BCUT2D eigenvalue weighted by Crippen LogP contribution is 2.35. The highest BCUT2D eigenvalue weighted by Gasteiger charge is 2.15. The number of allylic oxidation sites excluding steroid dienone is 2. The summed E-state index contributed by atoms with van der Waals surface area (Å²) in [5, 5.41) is 5.82. The lowest BCUT2D eigenvalue weighted by Gasteiger charge is -2.20. The number of aryl methyl sites for hydroxylation is 3. The van der Waals surface area contributed by atoms with Crippen molar-refractivity contribution in [1.82, 2.24) is 0 Å². The summed E-state index contributed by atoms with van der Waals surface area (Å²) in [6, 6.07) is 20.9. The molecule has 0 radical (unpaired) electrons. The van der Waals surface area contributed by atoms with Gasteiger partial charge in [-0.05, 0) is 89.2 Å². The summed E-state index contributed by atoms with van der Waals surface area (Å²) in [6.45, 7) is 2.20. The zero-order valence-corrected chi connectivity index (χ0v) is 18.3. The average molecular weight is 411 g/mol. The number of fused-ring (bicyclic) bond motifs is 5. The predicted molar refractivity (Wildman–Crippen MR) is 131 cm³/mol. The zero-order chi connectivity index (χ0) is 21.5. The molecule has 5 rings (SSSR count). The summed E-state index contributed by atoms with van der Waals surface area (Å²) in [5.41, 5.74) is 4.41. The van der Waals surface area contributed by atoms with Crippen molar-refractivity contribution in [3.63, 3.8) is 0 Å². The van der Waals surface area contributed by atoms with E-state index < -0.39 is 0 Å². The first-order valence-electron chi connectivity index (χ1n) is 11.4. The molecule has 4 aromatic rings. The van der Waals surface area contributed by atoms with Gasteiger partial charge in [0.25, 0.3) is 0 Å². The highest BCUT2D eigenvalue weighted by molar-refractivity contribution is 6.10. The standard InChI is InChI=1S/C24H26.C5H4O2/c1-2-3-4-5-11-19-17-24-20-12-7-6-10-18(20)15-16-23(24)22-14-9-8-13-21(19)22;6-5-3-1-2-4-7-5/h3-4,8-9,13-17H,2,5-7,10-12H2,1H3;1-4H/b4-3-;. The van der Waals surface area contributed by atoms with E-state index in [0.29, 0.717) is 0 Å². The summed E-state index contributed by atoms with van der Waals surface area (Å²) in [6.07, 6.45) is 14.6. The molecule has 0 N–H and O–H groups in total. The van der Waals surface area contributed by atoms with Crippen LogP contribution >= 0.6 is 0 Å². The van der Waals surface area contributed by atoms with Crippen LogP contribution in [-0.2, 0) is 19.3 Å². The van der Waals surface area contributed by atoms with Crippen molar-refractivity contribution in [2.45, 2.75) is 51.9 Å². The zero-order valence-electron chi connectivity index (χ0n) is 18.3. The van der Waals surface area contributed by atoms with Crippen LogP contribution in [0.4, 0.5) is 0 Å². The molecule has 0 saturated heterocycles. The van der Waals surface area contributed by atoms with Gasteiger partial charge in [0.2, 0.25) is 0 Å². The van der Waals surface area contributed by atoms with Gasteiger partial charge in [-0.3, -0.25) is 0 Å². The van der Waals surface area contributed by atoms with Gasteiger partial charge in [-0.1, -0.05) is 67.6 Å². The molecule has 1 aromatic heterocycles. The van der Waals surface area contributed by atoms with Gasteiger partial charge in [0.05, 0.1) is 6.26 Å². The number of hydrogen-bond donors (Lipinski definition) is 0. The fourth-order valence-electron chi connectivity index (χ4n) is 4.56. The van der Waals surface area contributed by atoms with Crippen LogP contribution in [0.1, 0.15) is 49.3 Å². The third kappa shape index (κ3) is 4.96. The molecule has 0 fully saturated rings. The van der Waals surface area contributed by atoms with E-state index in [9.17, 15) is 4.79 Å². The first-order chi connectivity index (χ1) is 15.3. The number of benzene rings is 3. The van der Waals surface area contributed by atoms with Crippen LogP contribution in [0.2, 0.25) is 0 Å². The van der Waals surface area contributed by atoms with Crippen molar-refractivity contribution in [3.05, 3.63) is 106 Å². The van der Waals surface area contributed by atoms with Crippen molar-refractivity contribution in [1.29, 1.82) is 0 Å². The lowest BCUT2D eigenvalue weighted by Crippen LogP contribution is -2.03.